The Hall–Kier alpha value is -2.47. The molecular weight excluding hydrogens is 305 g/mol. The van der Waals surface area contributed by atoms with Gasteiger partial charge in [0.2, 0.25) is 0 Å². The zero-order valence-corrected chi connectivity index (χ0v) is 12.5. The second kappa shape index (κ2) is 6.11. The fraction of sp³-hybridized carbons (Fsp3) is 0.133. The fourth-order valence-electron chi connectivity index (χ4n) is 2.14. The maximum atomic E-state index is 13.2. The van der Waals surface area contributed by atoms with Gasteiger partial charge in [0.25, 0.3) is 0 Å². The lowest BCUT2D eigenvalue weighted by Gasteiger charge is -2.16. The molecule has 1 aromatic heterocycles. The van der Waals surface area contributed by atoms with Crippen molar-refractivity contribution in [1.82, 2.24) is 20.2 Å². The zero-order chi connectivity index (χ0) is 15.5. The van der Waals surface area contributed by atoms with Crippen LogP contribution in [0, 0.1) is 5.82 Å². The van der Waals surface area contributed by atoms with E-state index in [1.165, 1.54) is 12.4 Å². The molecule has 3 aromatic rings. The van der Waals surface area contributed by atoms with Gasteiger partial charge in [-0.2, -0.15) is 0 Å². The minimum atomic E-state index is -0.430. The molecule has 0 fully saturated rings. The van der Waals surface area contributed by atoms with Gasteiger partial charge in [0, 0.05) is 11.7 Å². The number of nitrogens with zero attached hydrogens (tertiary/aromatic N) is 4. The number of aromatic nitrogens is 4. The first-order valence-electron chi connectivity index (χ1n) is 6.68. The summed E-state index contributed by atoms with van der Waals surface area (Å²) < 4.78 is 14.8. The van der Waals surface area contributed by atoms with Crippen molar-refractivity contribution in [2.24, 2.45) is 0 Å². The summed E-state index contributed by atoms with van der Waals surface area (Å²) in [4.78, 5) is 0. The van der Waals surface area contributed by atoms with Crippen LogP contribution >= 0.6 is 11.6 Å². The van der Waals surface area contributed by atoms with Crippen molar-refractivity contribution in [3.8, 4) is 5.69 Å². The molecule has 2 aromatic carbocycles. The maximum Gasteiger partial charge on any atom is 0.143 e. The van der Waals surface area contributed by atoms with Crippen molar-refractivity contribution in [1.29, 1.82) is 0 Å². The van der Waals surface area contributed by atoms with Crippen LogP contribution in [0.25, 0.3) is 5.69 Å². The first-order valence-corrected chi connectivity index (χ1v) is 7.06. The average Bonchev–Trinajstić information content (AvgIpc) is 3.05. The zero-order valence-electron chi connectivity index (χ0n) is 11.7. The quantitative estimate of drug-likeness (QED) is 0.798. The van der Waals surface area contributed by atoms with E-state index in [4.69, 9.17) is 11.6 Å². The fourth-order valence-corrected chi connectivity index (χ4v) is 2.32. The lowest BCUT2D eigenvalue weighted by atomic mass is 10.1. The van der Waals surface area contributed by atoms with Crippen molar-refractivity contribution in [2.75, 3.05) is 5.32 Å². The summed E-state index contributed by atoms with van der Waals surface area (Å²) >= 11 is 5.80. The minimum Gasteiger partial charge on any atom is -0.378 e. The van der Waals surface area contributed by atoms with Crippen LogP contribution in [-0.2, 0) is 0 Å². The van der Waals surface area contributed by atoms with Crippen molar-refractivity contribution in [2.45, 2.75) is 13.0 Å². The van der Waals surface area contributed by atoms with Crippen molar-refractivity contribution < 1.29 is 4.39 Å². The third-order valence-corrected chi connectivity index (χ3v) is 3.58. The average molecular weight is 318 g/mol. The smallest absolute Gasteiger partial charge is 0.143 e. The summed E-state index contributed by atoms with van der Waals surface area (Å²) in [5.41, 5.74) is 2.67. The van der Waals surface area contributed by atoms with Crippen LogP contribution in [0.2, 0.25) is 5.02 Å². The van der Waals surface area contributed by atoms with E-state index in [2.05, 4.69) is 20.8 Å². The predicted molar refractivity (Wildman–Crippen MR) is 82.6 cm³/mol. The summed E-state index contributed by atoms with van der Waals surface area (Å²) in [6.07, 6.45) is 1.54. The highest BCUT2D eigenvalue weighted by Crippen LogP contribution is 2.24. The summed E-state index contributed by atoms with van der Waals surface area (Å²) in [6.45, 7) is 2.01. The van der Waals surface area contributed by atoms with E-state index in [-0.39, 0.29) is 11.1 Å². The van der Waals surface area contributed by atoms with Crippen molar-refractivity contribution >= 4 is 17.3 Å². The summed E-state index contributed by atoms with van der Waals surface area (Å²) in [5, 5.41) is 14.5. The number of benzene rings is 2. The Labute approximate surface area is 131 Å². The van der Waals surface area contributed by atoms with E-state index in [1.807, 2.05) is 31.2 Å². The van der Waals surface area contributed by atoms with E-state index >= 15 is 0 Å². The monoisotopic (exact) mass is 317 g/mol. The molecule has 22 heavy (non-hydrogen) atoms. The molecule has 0 saturated heterocycles. The molecule has 1 heterocycles. The highest BCUT2D eigenvalue weighted by molar-refractivity contribution is 6.31. The lowest BCUT2D eigenvalue weighted by Crippen LogP contribution is -2.07. The molecule has 0 aliphatic rings. The van der Waals surface area contributed by atoms with Gasteiger partial charge in [-0.1, -0.05) is 23.7 Å². The Morgan fingerprint density at radius 1 is 1.23 bits per heavy atom. The second-order valence-corrected chi connectivity index (χ2v) is 5.25. The molecule has 1 unspecified atom stereocenters. The van der Waals surface area contributed by atoms with Crippen molar-refractivity contribution in [3.05, 3.63) is 65.2 Å². The molecule has 0 spiro atoms. The van der Waals surface area contributed by atoms with Gasteiger partial charge in [-0.3, -0.25) is 0 Å². The van der Waals surface area contributed by atoms with E-state index in [0.717, 1.165) is 16.9 Å². The summed E-state index contributed by atoms with van der Waals surface area (Å²) in [7, 11) is 0. The molecule has 0 amide bonds. The van der Waals surface area contributed by atoms with Crippen LogP contribution in [0.15, 0.2) is 48.8 Å². The van der Waals surface area contributed by atoms with Crippen LogP contribution in [0.3, 0.4) is 0 Å². The molecule has 0 aliphatic heterocycles. The molecule has 0 bridgehead atoms. The van der Waals surface area contributed by atoms with Crippen LogP contribution in [0.1, 0.15) is 18.5 Å². The third-order valence-electron chi connectivity index (χ3n) is 3.29. The molecule has 0 saturated carbocycles. The summed E-state index contributed by atoms with van der Waals surface area (Å²) in [6, 6.07) is 12.4. The van der Waals surface area contributed by atoms with Gasteiger partial charge >= 0.3 is 0 Å². The second-order valence-electron chi connectivity index (χ2n) is 4.84. The van der Waals surface area contributed by atoms with E-state index in [0.29, 0.717) is 0 Å². The largest absolute Gasteiger partial charge is 0.378 e. The van der Waals surface area contributed by atoms with E-state index in [1.54, 1.807) is 16.8 Å². The number of halogens is 2. The van der Waals surface area contributed by atoms with E-state index in [9.17, 15) is 4.39 Å². The van der Waals surface area contributed by atoms with Gasteiger partial charge in [0.1, 0.15) is 12.1 Å². The van der Waals surface area contributed by atoms with Gasteiger partial charge in [0.15, 0.2) is 0 Å². The van der Waals surface area contributed by atoms with Crippen LogP contribution in [0.5, 0.6) is 0 Å². The molecular formula is C15H13ClFN5. The molecule has 5 nitrogen and oxygen atoms in total. The number of rotatable bonds is 4. The lowest BCUT2D eigenvalue weighted by molar-refractivity contribution is 0.628. The number of anilines is 1. The van der Waals surface area contributed by atoms with Crippen LogP contribution < -0.4 is 5.32 Å². The molecule has 0 radical (unpaired) electrons. The first kappa shape index (κ1) is 14.5. The molecule has 7 heteroatoms. The minimum absolute atomic E-state index is 0.0120. The number of tetrazole rings is 1. The summed E-state index contributed by atoms with van der Waals surface area (Å²) in [5.74, 6) is -0.430. The Bertz CT molecular complexity index is 775. The Morgan fingerprint density at radius 2 is 2.09 bits per heavy atom. The predicted octanol–water partition coefficient (Wildman–Crippen LogP) is 3.63. The van der Waals surface area contributed by atoms with Gasteiger partial charge in [0.05, 0.1) is 10.7 Å². The first-order chi connectivity index (χ1) is 10.6. The molecule has 0 aliphatic carbocycles. The third kappa shape index (κ3) is 3.07. The molecule has 1 N–H and O–H groups in total. The molecule has 3 rings (SSSR count). The topological polar surface area (TPSA) is 55.6 Å². The van der Waals surface area contributed by atoms with Crippen LogP contribution in [0.4, 0.5) is 10.1 Å². The van der Waals surface area contributed by atoms with Gasteiger partial charge in [-0.15, -0.1) is 5.10 Å². The Kier molecular flexibility index (Phi) is 4.02. The number of hydrogen-bond donors (Lipinski definition) is 1. The maximum absolute atomic E-state index is 13.2. The van der Waals surface area contributed by atoms with Crippen molar-refractivity contribution in [3.63, 3.8) is 0 Å². The van der Waals surface area contributed by atoms with Gasteiger partial charge in [-0.25, -0.2) is 9.07 Å². The van der Waals surface area contributed by atoms with Crippen LogP contribution in [-0.4, -0.2) is 20.2 Å². The standard InChI is InChI=1S/C15H13ClFN5/c1-10(19-12-5-6-15(17)14(16)8-12)11-3-2-4-13(7-11)22-9-18-20-21-22/h2-10,19H,1H3. The number of nitrogens with one attached hydrogen (secondary N) is 1. The SMILES string of the molecule is CC(Nc1ccc(F)c(Cl)c1)c1cccc(-n2cnnn2)c1. The normalized spacial score (nSPS) is 12.1. The van der Waals surface area contributed by atoms with Gasteiger partial charge in [-0.05, 0) is 53.2 Å². The number of hydrogen-bond acceptors (Lipinski definition) is 4. The van der Waals surface area contributed by atoms with E-state index < -0.39 is 5.82 Å². The highest BCUT2D eigenvalue weighted by Gasteiger charge is 2.09. The molecule has 1 atom stereocenters. The highest BCUT2D eigenvalue weighted by atomic mass is 35.5. The van der Waals surface area contributed by atoms with Gasteiger partial charge < -0.3 is 5.32 Å². The molecule has 112 valence electrons. The Morgan fingerprint density at radius 3 is 2.82 bits per heavy atom. The Balaban J connectivity index is 1.81.